The standard InChI is InChI=1S/C94H64N4/c1-6-22-65(23-7-1)67-46-53-81(54-47-67)96(82-55-48-68(49-56-82)66-24-8-2-9-25-66)84-35-19-27-75(63-84)86-38-21-40-90-88-59-52-73(64-92(88)98(94(86)90)79-32-14-5-15-33-79)72-45-43-70-42-44-71(60-76(70)61-72)69-50-57-80(58-51-69)95(77-28-10-3-11-29-77)83-34-18-26-74(62-83)85-37-20-39-89-87-36-16-17-41-91(87)97(93(85)89)78-30-12-4-13-31-78/h1-64H. The zero-order chi connectivity index (χ0) is 64.9. The number of rotatable bonds is 14. The van der Waals surface area contributed by atoms with Gasteiger partial charge in [0.25, 0.3) is 0 Å². The Balaban J connectivity index is 0.689. The highest BCUT2D eigenvalue weighted by Gasteiger charge is 2.22. The normalized spacial score (nSPS) is 11.5. The molecule has 16 aromatic carbocycles. The molecule has 0 aliphatic rings. The zero-order valence-electron chi connectivity index (χ0n) is 53.7. The summed E-state index contributed by atoms with van der Waals surface area (Å²) in [4.78, 5) is 4.75. The molecule has 0 N–H and O–H groups in total. The molecule has 0 fully saturated rings. The average molecular weight is 1250 g/mol. The van der Waals surface area contributed by atoms with Crippen molar-refractivity contribution >= 4 is 88.5 Å². The first-order chi connectivity index (χ1) is 48.6. The second-order valence-electron chi connectivity index (χ2n) is 25.3. The third-order valence-electron chi connectivity index (χ3n) is 19.5. The molecule has 0 unspecified atom stereocenters. The largest absolute Gasteiger partial charge is 0.310 e. The number of hydrogen-bond acceptors (Lipinski definition) is 2. The van der Waals surface area contributed by atoms with E-state index < -0.39 is 0 Å². The van der Waals surface area contributed by atoms with E-state index in [1.54, 1.807) is 0 Å². The number of benzene rings is 16. The summed E-state index contributed by atoms with van der Waals surface area (Å²) in [5, 5.41) is 7.27. The first-order valence-electron chi connectivity index (χ1n) is 33.6. The van der Waals surface area contributed by atoms with Crippen molar-refractivity contribution in [2.45, 2.75) is 0 Å². The molecule has 0 amide bonds. The van der Waals surface area contributed by atoms with Crippen molar-refractivity contribution in [3.05, 3.63) is 388 Å². The molecule has 0 spiro atoms. The van der Waals surface area contributed by atoms with Crippen molar-refractivity contribution in [2.24, 2.45) is 0 Å². The predicted octanol–water partition coefficient (Wildman–Crippen LogP) is 26.0. The maximum Gasteiger partial charge on any atom is 0.0619 e. The van der Waals surface area contributed by atoms with E-state index in [9.17, 15) is 0 Å². The predicted molar refractivity (Wildman–Crippen MR) is 415 cm³/mol. The second-order valence-corrected chi connectivity index (χ2v) is 25.3. The van der Waals surface area contributed by atoms with Crippen LogP contribution in [0.3, 0.4) is 0 Å². The Kier molecular flexibility index (Phi) is 14.5. The Labute approximate surface area is 570 Å². The van der Waals surface area contributed by atoms with E-state index >= 15 is 0 Å². The third-order valence-corrected chi connectivity index (χ3v) is 19.5. The van der Waals surface area contributed by atoms with Crippen molar-refractivity contribution in [3.8, 4) is 78.1 Å². The van der Waals surface area contributed by atoms with Crippen molar-refractivity contribution < 1.29 is 0 Å². The molecule has 2 heterocycles. The zero-order valence-corrected chi connectivity index (χ0v) is 53.7. The lowest BCUT2D eigenvalue weighted by molar-refractivity contribution is 1.18. The quantitative estimate of drug-likeness (QED) is 0.108. The molecule has 0 bridgehead atoms. The lowest BCUT2D eigenvalue weighted by Gasteiger charge is -2.26. The van der Waals surface area contributed by atoms with Crippen LogP contribution >= 0.6 is 0 Å². The molecule has 4 nitrogen and oxygen atoms in total. The van der Waals surface area contributed by atoms with Crippen LogP contribution in [0.25, 0.3) is 133 Å². The SMILES string of the molecule is c1ccc(-c2ccc(N(c3ccc(-c4ccccc4)cc3)c3cccc(-c4cccc5c6ccc(-c7ccc8ccc(-c9ccc(N(c%10ccccc%10)c%10cccc(-c%11cccc%12c%13ccccc%13n(-c%13ccccc%13)c%11%12)c%10)cc9)cc8c7)cc6n(-c6ccccc6)c45)c3)cc2)cc1. The van der Waals surface area contributed by atoms with E-state index in [4.69, 9.17) is 0 Å². The molecule has 0 atom stereocenters. The van der Waals surface area contributed by atoms with Gasteiger partial charge in [-0.05, 0) is 188 Å². The van der Waals surface area contributed by atoms with E-state index in [1.165, 1.54) is 76.7 Å². The smallest absolute Gasteiger partial charge is 0.0619 e. The minimum Gasteiger partial charge on any atom is -0.310 e. The topological polar surface area (TPSA) is 16.3 Å². The maximum atomic E-state index is 2.48. The van der Waals surface area contributed by atoms with Gasteiger partial charge in [0.2, 0.25) is 0 Å². The van der Waals surface area contributed by atoms with E-state index in [1.807, 2.05) is 0 Å². The molecule has 0 aliphatic carbocycles. The minimum absolute atomic E-state index is 1.07. The highest BCUT2D eigenvalue weighted by Crippen LogP contribution is 2.46. The van der Waals surface area contributed by atoms with Crippen molar-refractivity contribution in [2.75, 3.05) is 9.80 Å². The fraction of sp³-hybridized carbons (Fsp3) is 0. The molecule has 2 aromatic heterocycles. The van der Waals surface area contributed by atoms with Gasteiger partial charge in [0.05, 0.1) is 22.1 Å². The molecule has 0 saturated heterocycles. The van der Waals surface area contributed by atoms with Gasteiger partial charge in [-0.25, -0.2) is 0 Å². The summed E-state index contributed by atoms with van der Waals surface area (Å²) in [6.45, 7) is 0. The summed E-state index contributed by atoms with van der Waals surface area (Å²) in [6, 6.07) is 142. The highest BCUT2D eigenvalue weighted by atomic mass is 15.1. The minimum atomic E-state index is 1.07. The summed E-state index contributed by atoms with van der Waals surface area (Å²) in [7, 11) is 0. The Hall–Kier alpha value is -13.0. The Morgan fingerprint density at radius 1 is 0.173 bits per heavy atom. The number of anilines is 6. The Morgan fingerprint density at radius 2 is 0.500 bits per heavy atom. The number of aromatic nitrogens is 2. The van der Waals surface area contributed by atoms with Crippen LogP contribution in [-0.2, 0) is 0 Å². The van der Waals surface area contributed by atoms with Gasteiger partial charge in [0.15, 0.2) is 0 Å². The van der Waals surface area contributed by atoms with Crippen molar-refractivity contribution in [1.82, 2.24) is 9.13 Å². The van der Waals surface area contributed by atoms with E-state index in [0.717, 1.165) is 90.0 Å². The first kappa shape index (κ1) is 57.6. The number of para-hydroxylation sites is 6. The molecular weight excluding hydrogens is 1190 g/mol. The van der Waals surface area contributed by atoms with Gasteiger partial charge in [-0.2, -0.15) is 0 Å². The fourth-order valence-corrected chi connectivity index (χ4v) is 14.8. The van der Waals surface area contributed by atoms with Crippen LogP contribution in [0.2, 0.25) is 0 Å². The Morgan fingerprint density at radius 3 is 1.00 bits per heavy atom. The second kappa shape index (κ2) is 24.7. The number of fused-ring (bicyclic) bond motifs is 7. The van der Waals surface area contributed by atoms with Gasteiger partial charge in [-0.15, -0.1) is 0 Å². The van der Waals surface area contributed by atoms with Gasteiger partial charge in [-0.1, -0.05) is 267 Å². The van der Waals surface area contributed by atoms with Crippen LogP contribution in [0.4, 0.5) is 34.1 Å². The highest BCUT2D eigenvalue weighted by molar-refractivity contribution is 6.16. The van der Waals surface area contributed by atoms with Gasteiger partial charge >= 0.3 is 0 Å². The molecule has 0 radical (unpaired) electrons. The molecule has 460 valence electrons. The van der Waals surface area contributed by atoms with E-state index in [0.29, 0.717) is 0 Å². The van der Waals surface area contributed by atoms with Crippen LogP contribution < -0.4 is 9.80 Å². The van der Waals surface area contributed by atoms with E-state index in [-0.39, 0.29) is 0 Å². The Bertz CT molecular complexity index is 5860. The third kappa shape index (κ3) is 10.5. The van der Waals surface area contributed by atoms with Crippen LogP contribution in [-0.4, -0.2) is 9.13 Å². The van der Waals surface area contributed by atoms with Crippen LogP contribution in [0.15, 0.2) is 388 Å². The summed E-state index contributed by atoms with van der Waals surface area (Å²) in [6.07, 6.45) is 0. The average Bonchev–Trinajstić information content (AvgIpc) is 1.59. The molecule has 18 aromatic rings. The molecule has 4 heteroatoms. The molecular formula is C94H64N4. The van der Waals surface area contributed by atoms with Crippen molar-refractivity contribution in [3.63, 3.8) is 0 Å². The van der Waals surface area contributed by atoms with Gasteiger partial charge in [-0.3, -0.25) is 0 Å². The van der Waals surface area contributed by atoms with Crippen LogP contribution in [0.1, 0.15) is 0 Å². The number of hydrogen-bond donors (Lipinski definition) is 0. The van der Waals surface area contributed by atoms with Gasteiger partial charge in [0.1, 0.15) is 0 Å². The first-order valence-corrected chi connectivity index (χ1v) is 33.6. The molecule has 18 rings (SSSR count). The van der Waals surface area contributed by atoms with Crippen molar-refractivity contribution in [1.29, 1.82) is 0 Å². The lowest BCUT2D eigenvalue weighted by Crippen LogP contribution is -2.10. The molecule has 98 heavy (non-hydrogen) atoms. The fourth-order valence-electron chi connectivity index (χ4n) is 14.8. The summed E-state index contributed by atoms with van der Waals surface area (Å²) in [5.74, 6) is 0. The van der Waals surface area contributed by atoms with E-state index in [2.05, 4.69) is 407 Å². The summed E-state index contributed by atoms with van der Waals surface area (Å²) < 4.78 is 4.90. The molecule has 0 aliphatic heterocycles. The van der Waals surface area contributed by atoms with Gasteiger partial charge < -0.3 is 18.9 Å². The number of nitrogens with zero attached hydrogens (tertiary/aromatic N) is 4. The van der Waals surface area contributed by atoms with Gasteiger partial charge in [0, 0.05) is 78.2 Å². The summed E-state index contributed by atoms with van der Waals surface area (Å²) >= 11 is 0. The lowest BCUT2D eigenvalue weighted by atomic mass is 9.96. The van der Waals surface area contributed by atoms with Crippen LogP contribution in [0.5, 0.6) is 0 Å². The monoisotopic (exact) mass is 1250 g/mol. The van der Waals surface area contributed by atoms with Crippen LogP contribution in [0, 0.1) is 0 Å². The summed E-state index contributed by atoms with van der Waals surface area (Å²) in [5.41, 5.74) is 27.5. The maximum absolute atomic E-state index is 2.48. The molecule has 0 saturated carbocycles.